The molecule has 0 aromatic heterocycles. The van der Waals surface area contributed by atoms with E-state index in [1.807, 2.05) is 11.8 Å². The average Bonchev–Trinajstić information content (AvgIpc) is 2.75. The predicted molar refractivity (Wildman–Crippen MR) is 72.2 cm³/mol. The number of nitrogens with one attached hydrogen (secondary N) is 1. The Morgan fingerprint density at radius 2 is 2.38 bits per heavy atom. The lowest BCUT2D eigenvalue weighted by molar-refractivity contribution is 0.527. The van der Waals surface area contributed by atoms with Gasteiger partial charge in [0.2, 0.25) is 0 Å². The first-order valence-corrected chi connectivity index (χ1v) is 6.93. The van der Waals surface area contributed by atoms with Crippen LogP contribution in [0.15, 0.2) is 41.8 Å². The predicted octanol–water partition coefficient (Wildman–Crippen LogP) is 3.43. The molecule has 0 saturated carbocycles. The van der Waals surface area contributed by atoms with Crippen molar-refractivity contribution in [1.82, 2.24) is 5.32 Å². The van der Waals surface area contributed by atoms with E-state index in [4.69, 9.17) is 0 Å². The zero-order valence-corrected chi connectivity index (χ0v) is 10.6. The number of fused-ring (bicyclic) bond motifs is 1. The van der Waals surface area contributed by atoms with Gasteiger partial charge in [0.1, 0.15) is 0 Å². The highest BCUT2D eigenvalue weighted by atomic mass is 32.2. The molecule has 0 fully saturated rings. The Morgan fingerprint density at radius 3 is 3.12 bits per heavy atom. The fourth-order valence-electron chi connectivity index (χ4n) is 2.19. The van der Waals surface area contributed by atoms with Gasteiger partial charge in [-0.2, -0.15) is 0 Å². The summed E-state index contributed by atoms with van der Waals surface area (Å²) in [4.78, 5) is 1.44. The van der Waals surface area contributed by atoms with Gasteiger partial charge < -0.3 is 5.32 Å². The van der Waals surface area contributed by atoms with Gasteiger partial charge in [-0.3, -0.25) is 0 Å². The molecule has 0 bridgehead atoms. The fourth-order valence-corrected chi connectivity index (χ4v) is 3.49. The normalized spacial score (nSPS) is 20.4. The number of hydrogen-bond acceptors (Lipinski definition) is 2. The van der Waals surface area contributed by atoms with E-state index in [0.29, 0.717) is 12.0 Å². The van der Waals surface area contributed by atoms with Gasteiger partial charge in [0.05, 0.1) is 0 Å². The van der Waals surface area contributed by atoms with Crippen LogP contribution < -0.4 is 5.32 Å². The Bertz CT molecular complexity index is 362. The SMILES string of the molecule is C=CC(NCCC)C1CSc2ccccc21. The van der Waals surface area contributed by atoms with E-state index in [9.17, 15) is 0 Å². The van der Waals surface area contributed by atoms with E-state index < -0.39 is 0 Å². The summed E-state index contributed by atoms with van der Waals surface area (Å²) < 4.78 is 0. The maximum Gasteiger partial charge on any atom is 0.0324 e. The van der Waals surface area contributed by atoms with E-state index in [-0.39, 0.29) is 0 Å². The summed E-state index contributed by atoms with van der Waals surface area (Å²) >= 11 is 1.97. The Hall–Kier alpha value is -0.730. The maximum absolute atomic E-state index is 3.96. The summed E-state index contributed by atoms with van der Waals surface area (Å²) in [6.45, 7) is 7.23. The molecule has 1 N–H and O–H groups in total. The molecule has 0 spiro atoms. The average molecular weight is 233 g/mol. The molecular weight excluding hydrogens is 214 g/mol. The summed E-state index contributed by atoms with van der Waals surface area (Å²) in [6, 6.07) is 9.15. The lowest BCUT2D eigenvalue weighted by Gasteiger charge is -2.21. The quantitative estimate of drug-likeness (QED) is 0.782. The van der Waals surface area contributed by atoms with Gasteiger partial charge in [-0.1, -0.05) is 31.2 Å². The molecule has 2 rings (SSSR count). The van der Waals surface area contributed by atoms with Crippen LogP contribution in [-0.2, 0) is 0 Å². The third kappa shape index (κ3) is 2.33. The maximum atomic E-state index is 3.96. The van der Waals surface area contributed by atoms with E-state index >= 15 is 0 Å². The van der Waals surface area contributed by atoms with Gasteiger partial charge in [0.15, 0.2) is 0 Å². The first-order chi connectivity index (χ1) is 7.86. The van der Waals surface area contributed by atoms with Gasteiger partial charge in [0, 0.05) is 22.6 Å². The van der Waals surface area contributed by atoms with Crippen molar-refractivity contribution in [3.05, 3.63) is 42.5 Å². The Morgan fingerprint density at radius 1 is 1.56 bits per heavy atom. The Kier molecular flexibility index (Phi) is 4.08. The summed E-state index contributed by atoms with van der Waals surface area (Å²) in [5, 5.41) is 3.57. The molecular formula is C14H19NS. The largest absolute Gasteiger partial charge is 0.310 e. The van der Waals surface area contributed by atoms with E-state index in [2.05, 4.69) is 49.2 Å². The Balaban J connectivity index is 2.13. The summed E-state index contributed by atoms with van der Waals surface area (Å²) in [5.41, 5.74) is 1.49. The van der Waals surface area contributed by atoms with E-state index in [1.54, 1.807) is 0 Å². The van der Waals surface area contributed by atoms with E-state index in [0.717, 1.165) is 6.54 Å². The molecule has 0 aliphatic carbocycles. The van der Waals surface area contributed by atoms with Crippen LogP contribution in [0.4, 0.5) is 0 Å². The molecule has 2 unspecified atom stereocenters. The van der Waals surface area contributed by atoms with Gasteiger partial charge in [0.25, 0.3) is 0 Å². The molecule has 1 aromatic carbocycles. The van der Waals surface area contributed by atoms with Gasteiger partial charge >= 0.3 is 0 Å². The van der Waals surface area contributed by atoms with Crippen molar-refractivity contribution in [2.75, 3.05) is 12.3 Å². The summed E-state index contributed by atoms with van der Waals surface area (Å²) in [7, 11) is 0. The number of hydrogen-bond donors (Lipinski definition) is 1. The monoisotopic (exact) mass is 233 g/mol. The summed E-state index contributed by atoms with van der Waals surface area (Å²) in [5.74, 6) is 1.76. The van der Waals surface area contributed by atoms with Crippen LogP contribution in [0.2, 0.25) is 0 Å². The smallest absolute Gasteiger partial charge is 0.0324 e. The van der Waals surface area contributed by atoms with Crippen molar-refractivity contribution in [2.24, 2.45) is 0 Å². The number of rotatable bonds is 5. The van der Waals surface area contributed by atoms with Crippen molar-refractivity contribution < 1.29 is 0 Å². The molecule has 2 heteroatoms. The standard InChI is InChI=1S/C14H19NS/c1-3-9-15-13(4-2)12-10-16-14-8-6-5-7-11(12)14/h4-8,12-13,15H,2-3,9-10H2,1H3. The number of benzene rings is 1. The topological polar surface area (TPSA) is 12.0 Å². The van der Waals surface area contributed by atoms with Crippen molar-refractivity contribution in [2.45, 2.75) is 30.2 Å². The Labute approximate surface area is 102 Å². The van der Waals surface area contributed by atoms with Crippen LogP contribution in [0, 0.1) is 0 Å². The highest BCUT2D eigenvalue weighted by Gasteiger charge is 2.27. The van der Waals surface area contributed by atoms with Crippen molar-refractivity contribution >= 4 is 11.8 Å². The van der Waals surface area contributed by atoms with Crippen LogP contribution >= 0.6 is 11.8 Å². The van der Waals surface area contributed by atoms with Crippen LogP contribution in [0.5, 0.6) is 0 Å². The summed E-state index contributed by atoms with van der Waals surface area (Å²) in [6.07, 6.45) is 3.23. The van der Waals surface area contributed by atoms with Gasteiger partial charge in [-0.15, -0.1) is 18.3 Å². The molecule has 0 radical (unpaired) electrons. The minimum absolute atomic E-state index is 0.413. The molecule has 86 valence electrons. The zero-order valence-electron chi connectivity index (χ0n) is 9.78. The molecule has 1 aliphatic heterocycles. The van der Waals surface area contributed by atoms with E-state index in [1.165, 1.54) is 22.6 Å². The third-order valence-corrected chi connectivity index (χ3v) is 4.26. The second-order valence-corrected chi connectivity index (χ2v) is 5.23. The highest BCUT2D eigenvalue weighted by molar-refractivity contribution is 7.99. The van der Waals surface area contributed by atoms with Gasteiger partial charge in [-0.05, 0) is 24.6 Å². The minimum atomic E-state index is 0.413. The molecule has 1 aromatic rings. The van der Waals surface area contributed by atoms with Gasteiger partial charge in [-0.25, -0.2) is 0 Å². The molecule has 2 atom stereocenters. The fraction of sp³-hybridized carbons (Fsp3) is 0.429. The molecule has 1 nitrogen and oxygen atoms in total. The number of thioether (sulfide) groups is 1. The van der Waals surface area contributed by atoms with Crippen LogP contribution in [-0.4, -0.2) is 18.3 Å². The molecule has 1 heterocycles. The van der Waals surface area contributed by atoms with Crippen LogP contribution in [0.1, 0.15) is 24.8 Å². The zero-order chi connectivity index (χ0) is 11.4. The first kappa shape index (κ1) is 11.7. The van der Waals surface area contributed by atoms with Crippen molar-refractivity contribution in [3.63, 3.8) is 0 Å². The third-order valence-electron chi connectivity index (χ3n) is 3.05. The van der Waals surface area contributed by atoms with Crippen LogP contribution in [0.25, 0.3) is 0 Å². The van der Waals surface area contributed by atoms with Crippen molar-refractivity contribution in [1.29, 1.82) is 0 Å². The molecule has 0 saturated heterocycles. The second kappa shape index (κ2) is 5.55. The molecule has 16 heavy (non-hydrogen) atoms. The lowest BCUT2D eigenvalue weighted by atomic mass is 9.93. The lowest BCUT2D eigenvalue weighted by Crippen LogP contribution is -2.33. The first-order valence-electron chi connectivity index (χ1n) is 5.94. The highest BCUT2D eigenvalue weighted by Crippen LogP contribution is 2.41. The molecule has 0 amide bonds. The minimum Gasteiger partial charge on any atom is -0.310 e. The molecule has 1 aliphatic rings. The van der Waals surface area contributed by atoms with Crippen molar-refractivity contribution in [3.8, 4) is 0 Å². The second-order valence-electron chi connectivity index (χ2n) is 4.17. The van der Waals surface area contributed by atoms with Crippen LogP contribution in [0.3, 0.4) is 0 Å².